The van der Waals surface area contributed by atoms with E-state index in [-0.39, 0.29) is 11.9 Å². The first-order valence-electron chi connectivity index (χ1n) is 9.28. The molecule has 2 aromatic heterocycles. The zero-order valence-corrected chi connectivity index (χ0v) is 15.4. The molecule has 1 aliphatic heterocycles. The van der Waals surface area contributed by atoms with Gasteiger partial charge in [0.15, 0.2) is 5.82 Å². The normalized spacial score (nSPS) is 17.2. The van der Waals surface area contributed by atoms with Gasteiger partial charge >= 0.3 is 0 Å². The predicted molar refractivity (Wildman–Crippen MR) is 98.7 cm³/mol. The zero-order chi connectivity index (χ0) is 18.6. The Labute approximate surface area is 157 Å². The van der Waals surface area contributed by atoms with Crippen LogP contribution in [0.1, 0.15) is 49.4 Å². The van der Waals surface area contributed by atoms with Crippen molar-refractivity contribution in [1.82, 2.24) is 34.4 Å². The van der Waals surface area contributed by atoms with Crippen LogP contribution in [0.15, 0.2) is 43.0 Å². The number of rotatable bonds is 5. The van der Waals surface area contributed by atoms with Crippen LogP contribution in [0, 0.1) is 0 Å². The topological polar surface area (TPSA) is 81.7 Å². The summed E-state index contributed by atoms with van der Waals surface area (Å²) >= 11 is 0. The Bertz CT molecular complexity index is 888. The van der Waals surface area contributed by atoms with E-state index < -0.39 is 0 Å². The lowest BCUT2D eigenvalue weighted by molar-refractivity contribution is -0.132. The minimum Gasteiger partial charge on any atom is -0.333 e. The van der Waals surface area contributed by atoms with Crippen LogP contribution in [-0.4, -0.2) is 46.9 Å². The standard InChI is InChI=1S/C19H23N7O/c1-15(27)25-10-6-5-9-17(25)19-22-18(12-24-14-20-13-21-24)23-26(19)11-16-7-3-2-4-8-16/h2-4,7-8,13-14,17H,5-6,9-12H2,1H3. The molecular formula is C19H23N7O. The Morgan fingerprint density at radius 1 is 1.19 bits per heavy atom. The molecule has 0 saturated carbocycles. The van der Waals surface area contributed by atoms with Crippen molar-refractivity contribution in [3.8, 4) is 0 Å². The molecule has 140 valence electrons. The fraction of sp³-hybridized carbons (Fsp3) is 0.421. The summed E-state index contributed by atoms with van der Waals surface area (Å²) in [5.41, 5.74) is 1.15. The average molecular weight is 365 g/mol. The van der Waals surface area contributed by atoms with Gasteiger partial charge in [-0.25, -0.2) is 19.3 Å². The largest absolute Gasteiger partial charge is 0.333 e. The molecule has 8 nitrogen and oxygen atoms in total. The Morgan fingerprint density at radius 3 is 2.78 bits per heavy atom. The second-order valence-corrected chi connectivity index (χ2v) is 6.85. The third-order valence-corrected chi connectivity index (χ3v) is 4.89. The van der Waals surface area contributed by atoms with Crippen molar-refractivity contribution in [2.75, 3.05) is 6.54 Å². The van der Waals surface area contributed by atoms with Gasteiger partial charge in [0.1, 0.15) is 25.0 Å². The van der Waals surface area contributed by atoms with E-state index in [1.54, 1.807) is 17.9 Å². The highest BCUT2D eigenvalue weighted by molar-refractivity contribution is 5.73. The molecule has 4 rings (SSSR count). The fourth-order valence-corrected chi connectivity index (χ4v) is 3.63. The van der Waals surface area contributed by atoms with Crippen LogP contribution in [0.2, 0.25) is 0 Å². The van der Waals surface area contributed by atoms with Gasteiger partial charge in [0.2, 0.25) is 5.91 Å². The predicted octanol–water partition coefficient (Wildman–Crippen LogP) is 2.04. The molecule has 1 aromatic carbocycles. The number of amides is 1. The third kappa shape index (κ3) is 3.89. The number of nitrogens with zero attached hydrogens (tertiary/aromatic N) is 7. The Kier molecular flexibility index (Phi) is 4.95. The minimum atomic E-state index is -0.0306. The van der Waals surface area contributed by atoms with Gasteiger partial charge in [0.05, 0.1) is 12.6 Å². The highest BCUT2D eigenvalue weighted by Gasteiger charge is 2.30. The van der Waals surface area contributed by atoms with Gasteiger partial charge in [-0.3, -0.25) is 4.79 Å². The van der Waals surface area contributed by atoms with Crippen LogP contribution in [0.5, 0.6) is 0 Å². The average Bonchev–Trinajstić information content (AvgIpc) is 3.33. The lowest BCUT2D eigenvalue weighted by atomic mass is 10.0. The van der Waals surface area contributed by atoms with E-state index in [4.69, 9.17) is 10.1 Å². The summed E-state index contributed by atoms with van der Waals surface area (Å²) in [5, 5.41) is 8.87. The van der Waals surface area contributed by atoms with E-state index in [0.717, 1.165) is 37.2 Å². The summed E-state index contributed by atoms with van der Waals surface area (Å²) in [6.45, 7) is 3.49. The van der Waals surface area contributed by atoms with E-state index >= 15 is 0 Å². The first kappa shape index (κ1) is 17.4. The van der Waals surface area contributed by atoms with Crippen LogP contribution in [0.25, 0.3) is 0 Å². The molecule has 3 heterocycles. The summed E-state index contributed by atoms with van der Waals surface area (Å²) in [7, 11) is 0. The SMILES string of the molecule is CC(=O)N1CCCCC1c1nc(Cn2cncn2)nn1Cc1ccccc1. The molecule has 0 N–H and O–H groups in total. The van der Waals surface area contributed by atoms with E-state index in [1.165, 1.54) is 6.33 Å². The Morgan fingerprint density at radius 2 is 2.04 bits per heavy atom. The summed E-state index contributed by atoms with van der Waals surface area (Å²) < 4.78 is 3.64. The number of benzene rings is 1. The number of piperidine rings is 1. The molecule has 1 amide bonds. The summed E-state index contributed by atoms with van der Waals surface area (Å²) in [6.07, 6.45) is 6.19. The van der Waals surface area contributed by atoms with Gasteiger partial charge in [0.25, 0.3) is 0 Å². The van der Waals surface area contributed by atoms with Gasteiger partial charge in [-0.05, 0) is 24.8 Å². The molecule has 1 fully saturated rings. The lowest BCUT2D eigenvalue weighted by Gasteiger charge is -2.34. The van der Waals surface area contributed by atoms with E-state index in [9.17, 15) is 4.79 Å². The van der Waals surface area contributed by atoms with Crippen molar-refractivity contribution < 1.29 is 4.79 Å². The molecule has 0 spiro atoms. The summed E-state index contributed by atoms with van der Waals surface area (Å²) in [4.78, 5) is 22.9. The van der Waals surface area contributed by atoms with Crippen LogP contribution in [0.3, 0.4) is 0 Å². The van der Waals surface area contributed by atoms with E-state index in [0.29, 0.717) is 18.9 Å². The molecular weight excluding hydrogens is 342 g/mol. The van der Waals surface area contributed by atoms with Crippen molar-refractivity contribution in [3.63, 3.8) is 0 Å². The fourth-order valence-electron chi connectivity index (χ4n) is 3.63. The number of aromatic nitrogens is 6. The second-order valence-electron chi connectivity index (χ2n) is 6.85. The maximum atomic E-state index is 12.2. The number of carbonyl (C=O) groups excluding carboxylic acids is 1. The second kappa shape index (κ2) is 7.69. The molecule has 0 aliphatic carbocycles. The Balaban J connectivity index is 1.68. The van der Waals surface area contributed by atoms with Gasteiger partial charge < -0.3 is 4.90 Å². The monoisotopic (exact) mass is 365 g/mol. The first-order valence-corrected chi connectivity index (χ1v) is 9.28. The number of hydrogen-bond donors (Lipinski definition) is 0. The van der Waals surface area contributed by atoms with Crippen molar-refractivity contribution in [1.29, 1.82) is 0 Å². The number of hydrogen-bond acceptors (Lipinski definition) is 5. The van der Waals surface area contributed by atoms with Gasteiger partial charge in [-0.15, -0.1) is 0 Å². The lowest BCUT2D eigenvalue weighted by Crippen LogP contribution is -2.38. The van der Waals surface area contributed by atoms with Gasteiger partial charge in [-0.2, -0.15) is 10.2 Å². The molecule has 1 unspecified atom stereocenters. The molecule has 1 saturated heterocycles. The molecule has 27 heavy (non-hydrogen) atoms. The maximum absolute atomic E-state index is 12.2. The van der Waals surface area contributed by atoms with Crippen LogP contribution in [-0.2, 0) is 17.9 Å². The highest BCUT2D eigenvalue weighted by atomic mass is 16.2. The van der Waals surface area contributed by atoms with Crippen molar-refractivity contribution in [2.24, 2.45) is 0 Å². The third-order valence-electron chi connectivity index (χ3n) is 4.89. The Hall–Kier alpha value is -3.03. The number of likely N-dealkylation sites (tertiary alicyclic amines) is 1. The molecule has 1 aliphatic rings. The molecule has 0 radical (unpaired) electrons. The van der Waals surface area contributed by atoms with Crippen LogP contribution >= 0.6 is 0 Å². The minimum absolute atomic E-state index is 0.0306. The van der Waals surface area contributed by atoms with Gasteiger partial charge in [0, 0.05) is 13.5 Å². The molecule has 1 atom stereocenters. The number of carbonyl (C=O) groups is 1. The maximum Gasteiger partial charge on any atom is 0.220 e. The summed E-state index contributed by atoms with van der Waals surface area (Å²) in [6, 6.07) is 10.2. The zero-order valence-electron chi connectivity index (χ0n) is 15.4. The van der Waals surface area contributed by atoms with E-state index in [2.05, 4.69) is 22.2 Å². The smallest absolute Gasteiger partial charge is 0.220 e. The summed E-state index contributed by atoms with van der Waals surface area (Å²) in [5.74, 6) is 1.62. The first-order chi connectivity index (χ1) is 13.2. The van der Waals surface area contributed by atoms with E-state index in [1.807, 2.05) is 27.8 Å². The van der Waals surface area contributed by atoms with Crippen molar-refractivity contribution >= 4 is 5.91 Å². The quantitative estimate of drug-likeness (QED) is 0.691. The molecule has 0 bridgehead atoms. The van der Waals surface area contributed by atoms with Crippen LogP contribution in [0.4, 0.5) is 0 Å². The van der Waals surface area contributed by atoms with Crippen molar-refractivity contribution in [2.45, 2.75) is 45.3 Å². The highest BCUT2D eigenvalue weighted by Crippen LogP contribution is 2.30. The molecule has 8 heteroatoms. The van der Waals surface area contributed by atoms with Crippen molar-refractivity contribution in [3.05, 3.63) is 60.2 Å². The van der Waals surface area contributed by atoms with Crippen LogP contribution < -0.4 is 0 Å². The molecule has 3 aromatic rings. The van der Waals surface area contributed by atoms with Gasteiger partial charge in [-0.1, -0.05) is 30.3 Å².